The minimum atomic E-state index is 0.882. The van der Waals surface area contributed by atoms with Gasteiger partial charge < -0.3 is 9.32 Å². The number of anilines is 3. The van der Waals surface area contributed by atoms with Crippen LogP contribution in [-0.4, -0.2) is 0 Å². The first-order chi connectivity index (χ1) is 24.3. The summed E-state index contributed by atoms with van der Waals surface area (Å²) in [7, 11) is 0. The third-order valence-corrected chi connectivity index (χ3v) is 10.8. The lowest BCUT2D eigenvalue weighted by Crippen LogP contribution is -2.11. The number of benzene rings is 8. The summed E-state index contributed by atoms with van der Waals surface area (Å²) in [4.78, 5) is 2.42. The highest BCUT2D eigenvalue weighted by Gasteiger charge is 2.23. The van der Waals surface area contributed by atoms with Crippen LogP contribution in [0.15, 0.2) is 180 Å². The first-order valence-corrected chi connectivity index (χ1v) is 17.4. The highest BCUT2D eigenvalue weighted by molar-refractivity contribution is 7.25. The van der Waals surface area contributed by atoms with E-state index in [9.17, 15) is 0 Å². The number of thiophene rings is 1. The van der Waals surface area contributed by atoms with Gasteiger partial charge in [0.1, 0.15) is 11.2 Å². The van der Waals surface area contributed by atoms with Gasteiger partial charge >= 0.3 is 0 Å². The minimum absolute atomic E-state index is 0.882. The van der Waals surface area contributed by atoms with Crippen LogP contribution in [0.5, 0.6) is 0 Å². The molecule has 0 fully saturated rings. The Hall–Kier alpha value is -6.16. The maximum atomic E-state index is 6.49. The van der Waals surface area contributed by atoms with Crippen LogP contribution < -0.4 is 4.90 Å². The maximum absolute atomic E-state index is 6.49. The van der Waals surface area contributed by atoms with Gasteiger partial charge in [-0.05, 0) is 82.1 Å². The SMILES string of the molecule is c1ccc(-c2ccc(N(c3ccc4c(c3)sc3ccccc34)c3ccc4oc5ccccc5c4c3-c3ccc4ccccc4c3)cc2)cc1. The van der Waals surface area contributed by atoms with Crippen molar-refractivity contribution in [2.24, 2.45) is 0 Å². The van der Waals surface area contributed by atoms with Gasteiger partial charge in [-0.15, -0.1) is 11.3 Å². The normalized spacial score (nSPS) is 11.7. The monoisotopic (exact) mass is 643 g/mol. The summed E-state index contributed by atoms with van der Waals surface area (Å²) < 4.78 is 9.06. The fourth-order valence-corrected chi connectivity index (χ4v) is 8.48. The van der Waals surface area contributed by atoms with Crippen LogP contribution in [0.3, 0.4) is 0 Å². The molecule has 10 aromatic rings. The van der Waals surface area contributed by atoms with Crippen LogP contribution in [-0.2, 0) is 0 Å². The molecule has 2 aromatic heterocycles. The second-order valence-corrected chi connectivity index (χ2v) is 13.6. The van der Waals surface area contributed by atoms with E-state index in [4.69, 9.17) is 4.42 Å². The van der Waals surface area contributed by atoms with Crippen molar-refractivity contribution in [2.45, 2.75) is 0 Å². The standard InChI is InChI=1S/C46H29NOS/c1-2-10-30(11-3-1)32-20-22-35(23-21-32)47(36-24-25-38-37-14-7-9-17-43(37)49-44(38)29-36)40-26-27-42-46(39-15-6-8-16-41(39)48-42)45(40)34-19-18-31-12-4-5-13-33(31)28-34/h1-29H. The van der Waals surface area contributed by atoms with Crippen molar-refractivity contribution in [3.8, 4) is 22.3 Å². The predicted molar refractivity (Wildman–Crippen MR) is 210 cm³/mol. The van der Waals surface area contributed by atoms with E-state index in [0.29, 0.717) is 0 Å². The number of fused-ring (bicyclic) bond motifs is 7. The Bertz CT molecular complexity index is 2830. The van der Waals surface area contributed by atoms with E-state index in [-0.39, 0.29) is 0 Å². The summed E-state index contributed by atoms with van der Waals surface area (Å²) in [5, 5.41) is 7.26. The fraction of sp³-hybridized carbons (Fsp3) is 0. The molecule has 0 saturated heterocycles. The van der Waals surface area contributed by atoms with Gasteiger partial charge in [-0.1, -0.05) is 121 Å². The lowest BCUT2D eigenvalue weighted by Gasteiger charge is -2.28. The Morgan fingerprint density at radius 1 is 0.408 bits per heavy atom. The van der Waals surface area contributed by atoms with Crippen LogP contribution in [0.1, 0.15) is 0 Å². The fourth-order valence-electron chi connectivity index (χ4n) is 7.34. The summed E-state index contributed by atoms with van der Waals surface area (Å²) in [6.07, 6.45) is 0. The van der Waals surface area contributed by atoms with Gasteiger partial charge in [0.25, 0.3) is 0 Å². The lowest BCUT2D eigenvalue weighted by molar-refractivity contribution is 0.669. The van der Waals surface area contributed by atoms with Crippen LogP contribution >= 0.6 is 11.3 Å². The minimum Gasteiger partial charge on any atom is -0.456 e. The van der Waals surface area contributed by atoms with Crippen LogP contribution in [0, 0.1) is 0 Å². The molecular formula is C46H29NOS. The van der Waals surface area contributed by atoms with Crippen molar-refractivity contribution < 1.29 is 4.42 Å². The average molecular weight is 644 g/mol. The molecule has 3 heteroatoms. The van der Waals surface area contributed by atoms with E-state index in [0.717, 1.165) is 50.1 Å². The molecule has 0 aliphatic carbocycles. The van der Waals surface area contributed by atoms with E-state index >= 15 is 0 Å². The van der Waals surface area contributed by atoms with Gasteiger partial charge in [0.05, 0.1) is 5.69 Å². The molecule has 0 aliphatic rings. The number of hydrogen-bond acceptors (Lipinski definition) is 3. The zero-order chi connectivity index (χ0) is 32.3. The van der Waals surface area contributed by atoms with E-state index < -0.39 is 0 Å². The van der Waals surface area contributed by atoms with Gasteiger partial charge in [0.15, 0.2) is 0 Å². The van der Waals surface area contributed by atoms with Crippen molar-refractivity contribution in [1.29, 1.82) is 0 Å². The number of rotatable bonds is 5. The molecule has 49 heavy (non-hydrogen) atoms. The largest absolute Gasteiger partial charge is 0.456 e. The second kappa shape index (κ2) is 11.2. The molecular weight excluding hydrogens is 615 g/mol. The molecule has 2 nitrogen and oxygen atoms in total. The number of hydrogen-bond donors (Lipinski definition) is 0. The molecule has 0 saturated carbocycles. The summed E-state index contributed by atoms with van der Waals surface area (Å²) in [5.41, 5.74) is 9.77. The zero-order valence-electron chi connectivity index (χ0n) is 26.5. The van der Waals surface area contributed by atoms with Gasteiger partial charge in [0, 0.05) is 47.9 Å². The van der Waals surface area contributed by atoms with E-state index in [2.05, 4.69) is 175 Å². The molecule has 0 spiro atoms. The second-order valence-electron chi connectivity index (χ2n) is 12.5. The van der Waals surface area contributed by atoms with Gasteiger partial charge in [-0.3, -0.25) is 0 Å². The molecule has 8 aromatic carbocycles. The molecule has 0 radical (unpaired) electrons. The topological polar surface area (TPSA) is 16.4 Å². The van der Waals surface area contributed by atoms with E-state index in [1.165, 1.54) is 42.1 Å². The van der Waals surface area contributed by atoms with Crippen molar-refractivity contribution in [1.82, 2.24) is 0 Å². The third kappa shape index (κ3) is 4.62. The first kappa shape index (κ1) is 27.9. The molecule has 0 amide bonds. The van der Waals surface area contributed by atoms with Gasteiger partial charge in [0.2, 0.25) is 0 Å². The van der Waals surface area contributed by atoms with E-state index in [1.54, 1.807) is 0 Å². The van der Waals surface area contributed by atoms with Crippen LogP contribution in [0.25, 0.3) is 75.1 Å². The van der Waals surface area contributed by atoms with Gasteiger partial charge in [-0.2, -0.15) is 0 Å². The Labute approximate surface area is 287 Å². The Balaban J connectivity index is 1.27. The molecule has 0 N–H and O–H groups in total. The molecule has 0 aliphatic heterocycles. The maximum Gasteiger partial charge on any atom is 0.136 e. The van der Waals surface area contributed by atoms with Gasteiger partial charge in [-0.25, -0.2) is 0 Å². The molecule has 230 valence electrons. The molecule has 0 unspecified atom stereocenters. The number of furan rings is 1. The Morgan fingerprint density at radius 2 is 1.08 bits per heavy atom. The van der Waals surface area contributed by atoms with E-state index in [1.807, 2.05) is 17.4 Å². The zero-order valence-corrected chi connectivity index (χ0v) is 27.3. The summed E-state index contributed by atoms with van der Waals surface area (Å²) in [6.45, 7) is 0. The van der Waals surface area contributed by atoms with Crippen molar-refractivity contribution in [3.63, 3.8) is 0 Å². The van der Waals surface area contributed by atoms with Crippen LogP contribution in [0.4, 0.5) is 17.1 Å². The quantitative estimate of drug-likeness (QED) is 0.186. The lowest BCUT2D eigenvalue weighted by atomic mass is 9.94. The Kier molecular flexibility index (Phi) is 6.39. The highest BCUT2D eigenvalue weighted by atomic mass is 32.1. The van der Waals surface area contributed by atoms with Crippen molar-refractivity contribution >= 4 is 81.3 Å². The third-order valence-electron chi connectivity index (χ3n) is 9.65. The number of nitrogens with zero attached hydrogens (tertiary/aromatic N) is 1. The summed E-state index contributed by atoms with van der Waals surface area (Å²) in [5.74, 6) is 0. The molecule has 0 bridgehead atoms. The first-order valence-electron chi connectivity index (χ1n) is 16.6. The Morgan fingerprint density at radius 3 is 1.96 bits per heavy atom. The summed E-state index contributed by atoms with van der Waals surface area (Å²) in [6, 6.07) is 63.3. The van der Waals surface area contributed by atoms with Crippen molar-refractivity contribution in [3.05, 3.63) is 176 Å². The summed E-state index contributed by atoms with van der Waals surface area (Å²) >= 11 is 1.85. The van der Waals surface area contributed by atoms with Crippen LogP contribution in [0.2, 0.25) is 0 Å². The smallest absolute Gasteiger partial charge is 0.136 e. The highest BCUT2D eigenvalue weighted by Crippen LogP contribution is 2.48. The molecule has 10 rings (SSSR count). The van der Waals surface area contributed by atoms with Crippen molar-refractivity contribution in [2.75, 3.05) is 4.90 Å². The average Bonchev–Trinajstić information content (AvgIpc) is 3.73. The molecule has 2 heterocycles. The number of para-hydroxylation sites is 1. The predicted octanol–water partition coefficient (Wildman–Crippen LogP) is 13.9. The molecule has 0 atom stereocenters.